The summed E-state index contributed by atoms with van der Waals surface area (Å²) in [4.78, 5) is 6.78. The first-order valence-corrected chi connectivity index (χ1v) is 7.58. The Hall–Kier alpha value is -1.66. The fraction of sp³-hybridized carbons (Fsp3) is 0.308. The molecular weight excluding hydrogens is 262 g/mol. The molecular formula is C13H17N3O2S. The van der Waals surface area contributed by atoms with E-state index in [0.29, 0.717) is 12.2 Å². The molecule has 1 aromatic heterocycles. The third-order valence-electron chi connectivity index (χ3n) is 2.82. The van der Waals surface area contributed by atoms with Crippen LogP contribution < -0.4 is 4.72 Å². The number of imidazole rings is 1. The Labute approximate surface area is 113 Å². The zero-order chi connectivity index (χ0) is 13.9. The summed E-state index contributed by atoms with van der Waals surface area (Å²) >= 11 is 0. The molecule has 1 heterocycles. The predicted octanol–water partition coefficient (Wildman–Crippen LogP) is 1.76. The highest BCUT2D eigenvalue weighted by atomic mass is 32.2. The molecule has 0 unspecified atom stereocenters. The van der Waals surface area contributed by atoms with Crippen molar-refractivity contribution in [3.63, 3.8) is 0 Å². The Kier molecular flexibility index (Phi) is 4.01. The topological polar surface area (TPSA) is 74.8 Å². The zero-order valence-electron chi connectivity index (χ0n) is 11.0. The summed E-state index contributed by atoms with van der Waals surface area (Å²) in [6.45, 7) is 4.17. The molecule has 0 aliphatic rings. The molecule has 1 aromatic carbocycles. The second-order valence-electron chi connectivity index (χ2n) is 4.36. The fourth-order valence-electron chi connectivity index (χ4n) is 1.62. The first-order valence-electron chi connectivity index (χ1n) is 6.10. The van der Waals surface area contributed by atoms with Gasteiger partial charge in [-0.05, 0) is 12.5 Å². The number of aromatic nitrogens is 2. The average Bonchev–Trinajstić information content (AvgIpc) is 2.88. The van der Waals surface area contributed by atoms with E-state index in [-0.39, 0.29) is 11.6 Å². The van der Waals surface area contributed by atoms with Crippen LogP contribution in [0.15, 0.2) is 35.5 Å². The van der Waals surface area contributed by atoms with Gasteiger partial charge in [-0.25, -0.2) is 18.1 Å². The minimum Gasteiger partial charge on any atom is -0.332 e. The number of hydrogen-bond donors (Lipinski definition) is 2. The smallest absolute Gasteiger partial charge is 0.257 e. The van der Waals surface area contributed by atoms with Crippen LogP contribution in [0.25, 0.3) is 0 Å². The maximum atomic E-state index is 12.0. The number of H-pyrrole nitrogens is 1. The second kappa shape index (κ2) is 5.54. The van der Waals surface area contributed by atoms with Crippen molar-refractivity contribution in [3.8, 4) is 0 Å². The quantitative estimate of drug-likeness (QED) is 0.875. The van der Waals surface area contributed by atoms with Crippen molar-refractivity contribution in [2.45, 2.75) is 31.8 Å². The molecule has 0 saturated carbocycles. The number of hydrogen-bond acceptors (Lipinski definition) is 3. The van der Waals surface area contributed by atoms with Gasteiger partial charge < -0.3 is 4.98 Å². The number of nitrogens with one attached hydrogen (secondary N) is 2. The summed E-state index contributed by atoms with van der Waals surface area (Å²) in [5, 5.41) is 0.108. The molecule has 0 radical (unpaired) electrons. The molecule has 19 heavy (non-hydrogen) atoms. The SMILES string of the molecule is CCc1ncc(S(=O)(=O)NCc2ccc(C)cc2)[nH]1. The monoisotopic (exact) mass is 279 g/mol. The van der Waals surface area contributed by atoms with Gasteiger partial charge in [0.05, 0.1) is 6.20 Å². The van der Waals surface area contributed by atoms with Crippen LogP contribution in [-0.2, 0) is 23.0 Å². The first kappa shape index (κ1) is 13.8. The maximum absolute atomic E-state index is 12.0. The molecule has 0 amide bonds. The van der Waals surface area contributed by atoms with Gasteiger partial charge in [-0.3, -0.25) is 0 Å². The summed E-state index contributed by atoms with van der Waals surface area (Å²) in [6, 6.07) is 7.72. The summed E-state index contributed by atoms with van der Waals surface area (Å²) < 4.78 is 26.6. The Balaban J connectivity index is 2.07. The lowest BCUT2D eigenvalue weighted by Crippen LogP contribution is -2.23. The number of benzene rings is 1. The summed E-state index contributed by atoms with van der Waals surface area (Å²) in [5.74, 6) is 0.663. The Morgan fingerprint density at radius 2 is 1.95 bits per heavy atom. The van der Waals surface area contributed by atoms with Gasteiger partial charge in [0.15, 0.2) is 5.03 Å². The van der Waals surface area contributed by atoms with Crippen molar-refractivity contribution in [1.29, 1.82) is 0 Å². The average molecular weight is 279 g/mol. The molecule has 2 rings (SSSR count). The Morgan fingerprint density at radius 1 is 1.26 bits per heavy atom. The summed E-state index contributed by atoms with van der Waals surface area (Å²) in [7, 11) is -3.53. The highest BCUT2D eigenvalue weighted by Crippen LogP contribution is 2.08. The van der Waals surface area contributed by atoms with Gasteiger partial charge in [-0.2, -0.15) is 0 Å². The van der Waals surface area contributed by atoms with Gasteiger partial charge in [0.25, 0.3) is 10.0 Å². The number of rotatable bonds is 5. The van der Waals surface area contributed by atoms with Crippen LogP contribution in [0.2, 0.25) is 0 Å². The molecule has 0 aliphatic heterocycles. The third-order valence-corrected chi connectivity index (χ3v) is 4.13. The van der Waals surface area contributed by atoms with E-state index in [2.05, 4.69) is 14.7 Å². The molecule has 0 aliphatic carbocycles. The molecule has 2 N–H and O–H groups in total. The normalized spacial score (nSPS) is 11.7. The van der Waals surface area contributed by atoms with Crippen molar-refractivity contribution >= 4 is 10.0 Å². The van der Waals surface area contributed by atoms with E-state index in [9.17, 15) is 8.42 Å². The van der Waals surface area contributed by atoms with Crippen LogP contribution in [0.3, 0.4) is 0 Å². The van der Waals surface area contributed by atoms with Crippen molar-refractivity contribution < 1.29 is 8.42 Å². The Bertz CT molecular complexity index is 645. The molecule has 0 saturated heterocycles. The van der Waals surface area contributed by atoms with Gasteiger partial charge in [0, 0.05) is 13.0 Å². The lowest BCUT2D eigenvalue weighted by atomic mass is 10.2. The number of aromatic amines is 1. The highest BCUT2D eigenvalue weighted by Gasteiger charge is 2.16. The van der Waals surface area contributed by atoms with Crippen LogP contribution in [0.4, 0.5) is 0 Å². The van der Waals surface area contributed by atoms with E-state index in [0.717, 1.165) is 11.1 Å². The minimum atomic E-state index is -3.53. The van der Waals surface area contributed by atoms with Crippen LogP contribution in [0.1, 0.15) is 23.9 Å². The second-order valence-corrected chi connectivity index (χ2v) is 6.09. The lowest BCUT2D eigenvalue weighted by Gasteiger charge is -2.05. The number of sulfonamides is 1. The molecule has 0 atom stereocenters. The summed E-state index contributed by atoms with van der Waals surface area (Å²) in [5.41, 5.74) is 2.07. The number of aryl methyl sites for hydroxylation is 2. The van der Waals surface area contributed by atoms with E-state index >= 15 is 0 Å². The van der Waals surface area contributed by atoms with E-state index in [1.165, 1.54) is 6.20 Å². The van der Waals surface area contributed by atoms with E-state index in [1.54, 1.807) is 0 Å². The lowest BCUT2D eigenvalue weighted by molar-refractivity contribution is 0.578. The molecule has 0 fully saturated rings. The first-order chi connectivity index (χ1) is 9.01. The van der Waals surface area contributed by atoms with Crippen LogP contribution >= 0.6 is 0 Å². The molecule has 102 valence electrons. The predicted molar refractivity (Wildman–Crippen MR) is 73.2 cm³/mol. The van der Waals surface area contributed by atoms with Crippen LogP contribution in [0.5, 0.6) is 0 Å². The number of nitrogens with zero attached hydrogens (tertiary/aromatic N) is 1. The zero-order valence-corrected chi connectivity index (χ0v) is 11.8. The van der Waals surface area contributed by atoms with Gasteiger partial charge >= 0.3 is 0 Å². The minimum absolute atomic E-state index is 0.108. The van der Waals surface area contributed by atoms with Crippen LogP contribution in [0, 0.1) is 6.92 Å². The van der Waals surface area contributed by atoms with Crippen molar-refractivity contribution in [1.82, 2.24) is 14.7 Å². The van der Waals surface area contributed by atoms with E-state index < -0.39 is 10.0 Å². The third kappa shape index (κ3) is 3.42. The van der Waals surface area contributed by atoms with Gasteiger partial charge in [0.1, 0.15) is 5.82 Å². The molecule has 0 spiro atoms. The molecule has 5 nitrogen and oxygen atoms in total. The van der Waals surface area contributed by atoms with Crippen molar-refractivity contribution in [2.24, 2.45) is 0 Å². The van der Waals surface area contributed by atoms with Gasteiger partial charge in [-0.1, -0.05) is 36.8 Å². The van der Waals surface area contributed by atoms with E-state index in [1.807, 2.05) is 38.1 Å². The molecule has 2 aromatic rings. The Morgan fingerprint density at radius 3 is 2.53 bits per heavy atom. The largest absolute Gasteiger partial charge is 0.332 e. The van der Waals surface area contributed by atoms with Gasteiger partial charge in [-0.15, -0.1) is 0 Å². The molecule has 6 heteroatoms. The van der Waals surface area contributed by atoms with Crippen molar-refractivity contribution in [3.05, 3.63) is 47.4 Å². The standard InChI is InChI=1S/C13H17N3O2S/c1-3-12-14-9-13(16-12)19(17,18)15-8-11-6-4-10(2)5-7-11/h4-7,9,15H,3,8H2,1-2H3,(H,14,16). The van der Waals surface area contributed by atoms with Crippen LogP contribution in [-0.4, -0.2) is 18.4 Å². The van der Waals surface area contributed by atoms with E-state index in [4.69, 9.17) is 0 Å². The fourth-order valence-corrected chi connectivity index (χ4v) is 2.58. The highest BCUT2D eigenvalue weighted by molar-refractivity contribution is 7.89. The van der Waals surface area contributed by atoms with Gasteiger partial charge in [0.2, 0.25) is 0 Å². The summed E-state index contributed by atoms with van der Waals surface area (Å²) in [6.07, 6.45) is 2.02. The van der Waals surface area contributed by atoms with Crippen molar-refractivity contribution in [2.75, 3.05) is 0 Å². The maximum Gasteiger partial charge on any atom is 0.257 e. The molecule has 0 bridgehead atoms.